The number of fused-ring (bicyclic) bond motifs is 1. The van der Waals surface area contributed by atoms with Crippen molar-refractivity contribution in [3.63, 3.8) is 0 Å². The normalized spacial score (nSPS) is 17.9. The zero-order valence-electron chi connectivity index (χ0n) is 29.6. The Morgan fingerprint density at radius 2 is 1.85 bits per heavy atom. The second-order valence-corrected chi connectivity index (χ2v) is 13.4. The number of aromatic nitrogens is 6. The molecule has 0 saturated carbocycles. The van der Waals surface area contributed by atoms with E-state index in [0.717, 1.165) is 39.7 Å². The van der Waals surface area contributed by atoms with Crippen LogP contribution < -0.4 is 10.1 Å². The number of carbonyl (C=O) groups is 2. The van der Waals surface area contributed by atoms with Gasteiger partial charge in [0.05, 0.1) is 31.3 Å². The maximum atomic E-state index is 13.7. The Morgan fingerprint density at radius 3 is 2.56 bits per heavy atom. The average Bonchev–Trinajstić information content (AvgIpc) is 3.91. The number of hydrogen-bond donors (Lipinski definition) is 3. The van der Waals surface area contributed by atoms with Crippen LogP contribution in [0.15, 0.2) is 73.2 Å². The highest BCUT2D eigenvalue weighted by atomic mass is 16.5. The number of methoxy groups -OCH3 is 1. The van der Waals surface area contributed by atoms with Crippen molar-refractivity contribution < 1.29 is 24.2 Å². The molecule has 0 radical (unpaired) electrons. The fourth-order valence-corrected chi connectivity index (χ4v) is 6.75. The number of likely N-dealkylation sites (tertiary alicyclic amines) is 1. The van der Waals surface area contributed by atoms with Gasteiger partial charge < -0.3 is 24.8 Å². The van der Waals surface area contributed by atoms with Crippen molar-refractivity contribution >= 4 is 34.0 Å². The number of benzene rings is 2. The number of anilines is 1. The number of rotatable bonds is 12. The van der Waals surface area contributed by atoms with Gasteiger partial charge in [-0.2, -0.15) is 10.2 Å². The van der Waals surface area contributed by atoms with Crippen LogP contribution in [0.25, 0.3) is 39.1 Å². The van der Waals surface area contributed by atoms with Gasteiger partial charge >= 0.3 is 0 Å². The first-order valence-electron chi connectivity index (χ1n) is 17.5. The number of aliphatic hydroxyl groups excluding tert-OH is 1. The molecule has 1 saturated heterocycles. The Hall–Kier alpha value is -5.44. The summed E-state index contributed by atoms with van der Waals surface area (Å²) in [5, 5.41) is 25.0. The molecule has 14 heteroatoms. The molecule has 0 spiro atoms. The zero-order chi connectivity index (χ0) is 36.2. The van der Waals surface area contributed by atoms with Crippen molar-refractivity contribution in [2.24, 2.45) is 0 Å². The Labute approximate surface area is 301 Å². The number of aliphatic hydroxyl groups is 1. The number of H-pyrrole nitrogens is 1. The number of aromatic amines is 1. The van der Waals surface area contributed by atoms with Crippen molar-refractivity contribution in [3.8, 4) is 28.5 Å². The molecule has 3 N–H and O–H groups in total. The quantitative estimate of drug-likeness (QED) is 0.173. The van der Waals surface area contributed by atoms with Gasteiger partial charge in [-0.05, 0) is 62.1 Å². The van der Waals surface area contributed by atoms with E-state index in [1.807, 2.05) is 66.1 Å². The summed E-state index contributed by atoms with van der Waals surface area (Å²) in [5.41, 5.74) is 5.11. The van der Waals surface area contributed by atoms with Gasteiger partial charge in [-0.1, -0.05) is 30.3 Å². The minimum Gasteiger partial charge on any atom is -0.475 e. The molecule has 1 fully saturated rings. The second-order valence-electron chi connectivity index (χ2n) is 13.4. The molecule has 1 unspecified atom stereocenters. The third-order valence-corrected chi connectivity index (χ3v) is 9.60. The molecule has 2 aromatic carbocycles. The maximum absolute atomic E-state index is 13.7. The van der Waals surface area contributed by atoms with Crippen molar-refractivity contribution in [1.82, 2.24) is 39.7 Å². The molecule has 5 aromatic rings. The van der Waals surface area contributed by atoms with Crippen LogP contribution in [0.4, 0.5) is 5.69 Å². The van der Waals surface area contributed by atoms with Crippen LogP contribution in [0.3, 0.4) is 0 Å². The first kappa shape index (κ1) is 35.0. The molecule has 14 nitrogen and oxygen atoms in total. The van der Waals surface area contributed by atoms with Crippen LogP contribution >= 0.6 is 0 Å². The summed E-state index contributed by atoms with van der Waals surface area (Å²) in [6.07, 6.45) is 6.69. The predicted octanol–water partition coefficient (Wildman–Crippen LogP) is 4.01. The molecule has 270 valence electrons. The summed E-state index contributed by atoms with van der Waals surface area (Å²) in [6, 6.07) is 17.4. The topological polar surface area (TPSA) is 164 Å². The van der Waals surface area contributed by atoms with E-state index in [9.17, 15) is 9.59 Å². The lowest BCUT2D eigenvalue weighted by atomic mass is 9.98. The van der Waals surface area contributed by atoms with Crippen LogP contribution in [-0.4, -0.2) is 115 Å². The molecule has 2 aliphatic heterocycles. The number of hydrogen-bond acceptors (Lipinski definition) is 10. The van der Waals surface area contributed by atoms with E-state index in [-0.39, 0.29) is 31.1 Å². The summed E-state index contributed by atoms with van der Waals surface area (Å²) in [4.78, 5) is 39.7. The number of amides is 2. The summed E-state index contributed by atoms with van der Waals surface area (Å²) < 4.78 is 13.1. The highest BCUT2D eigenvalue weighted by molar-refractivity contribution is 6.01. The third kappa shape index (κ3) is 7.45. The van der Waals surface area contributed by atoms with Gasteiger partial charge in [0.15, 0.2) is 11.4 Å². The van der Waals surface area contributed by atoms with E-state index in [0.29, 0.717) is 56.5 Å². The monoisotopic (exact) mass is 705 g/mol. The zero-order valence-corrected chi connectivity index (χ0v) is 29.6. The predicted molar refractivity (Wildman–Crippen MR) is 196 cm³/mol. The van der Waals surface area contributed by atoms with E-state index in [1.54, 1.807) is 24.3 Å². The van der Waals surface area contributed by atoms with Crippen molar-refractivity contribution in [3.05, 3.63) is 78.8 Å². The van der Waals surface area contributed by atoms with Crippen molar-refractivity contribution in [2.45, 2.75) is 44.9 Å². The number of pyridine rings is 1. The molecule has 0 aliphatic carbocycles. The molecule has 2 aliphatic rings. The highest BCUT2D eigenvalue weighted by Crippen LogP contribution is 2.32. The van der Waals surface area contributed by atoms with Crippen LogP contribution in [0, 0.1) is 0 Å². The van der Waals surface area contributed by atoms with Gasteiger partial charge in [0.1, 0.15) is 12.0 Å². The standard InChI is InChI=1S/C38H43N9O5/c1-25(2)52-33-11-8-29(21-39-33)35-31-20-30(9-10-32(31)42-43-35)41-37(50)38(51-3)14-17-45(23-38)22-34(49)46-15-12-27(13-16-46)26-4-6-28(7-5-26)36-40-24-47(44-36)18-19-48/h4-12,20-21,24-25,48H,13-19,22-23H2,1-3H3,(H,41,50)(H,42,43). The number of ether oxygens (including phenoxy) is 2. The Morgan fingerprint density at radius 1 is 1.04 bits per heavy atom. The van der Waals surface area contributed by atoms with Gasteiger partial charge in [-0.3, -0.25) is 24.3 Å². The van der Waals surface area contributed by atoms with Gasteiger partial charge in [0.25, 0.3) is 5.91 Å². The van der Waals surface area contributed by atoms with E-state index >= 15 is 0 Å². The summed E-state index contributed by atoms with van der Waals surface area (Å²) in [5.74, 6) is 0.934. The summed E-state index contributed by atoms with van der Waals surface area (Å²) in [6.45, 7) is 6.55. The van der Waals surface area contributed by atoms with Crippen LogP contribution in [0.1, 0.15) is 32.3 Å². The largest absolute Gasteiger partial charge is 0.475 e. The Kier molecular flexibility index (Phi) is 10.1. The first-order valence-corrected chi connectivity index (χ1v) is 17.5. The first-order chi connectivity index (χ1) is 25.2. The molecule has 7 rings (SSSR count). The SMILES string of the molecule is COC1(C(=O)Nc2ccc3[nH]nc(-c4ccc(OC(C)C)nc4)c3c2)CCN(CC(=O)N2CC=C(c3ccc(-c4ncn(CCO)n4)cc3)CC2)C1. The van der Waals surface area contributed by atoms with Crippen molar-refractivity contribution in [2.75, 3.05) is 51.8 Å². The lowest BCUT2D eigenvalue weighted by molar-refractivity contribution is -0.138. The summed E-state index contributed by atoms with van der Waals surface area (Å²) >= 11 is 0. The summed E-state index contributed by atoms with van der Waals surface area (Å²) in [7, 11) is 1.55. The molecule has 0 bridgehead atoms. The minimum atomic E-state index is -1.09. The Balaban J connectivity index is 0.943. The molecule has 5 heterocycles. The van der Waals surface area contributed by atoms with Crippen molar-refractivity contribution in [1.29, 1.82) is 0 Å². The maximum Gasteiger partial charge on any atom is 0.258 e. The average molecular weight is 706 g/mol. The minimum absolute atomic E-state index is 0.0101. The fourth-order valence-electron chi connectivity index (χ4n) is 6.75. The van der Waals surface area contributed by atoms with Gasteiger partial charge in [-0.25, -0.2) is 9.97 Å². The van der Waals surface area contributed by atoms with Crippen LogP contribution in [0.5, 0.6) is 5.88 Å². The molecular formula is C38H43N9O5. The van der Waals surface area contributed by atoms with E-state index in [4.69, 9.17) is 14.6 Å². The molecule has 3 aromatic heterocycles. The molecular weight excluding hydrogens is 662 g/mol. The Bertz CT molecular complexity index is 2070. The van der Waals surface area contributed by atoms with Crippen LogP contribution in [0.2, 0.25) is 0 Å². The second kappa shape index (κ2) is 15.0. The lowest BCUT2D eigenvalue weighted by Gasteiger charge is -2.30. The molecule has 2 amide bonds. The number of nitrogens with zero attached hydrogens (tertiary/aromatic N) is 7. The van der Waals surface area contributed by atoms with Gasteiger partial charge in [0, 0.05) is 67.8 Å². The lowest BCUT2D eigenvalue weighted by Crippen LogP contribution is -2.48. The van der Waals surface area contributed by atoms with E-state index in [1.165, 1.54) is 5.57 Å². The highest BCUT2D eigenvalue weighted by Gasteiger charge is 2.45. The van der Waals surface area contributed by atoms with E-state index < -0.39 is 5.60 Å². The van der Waals surface area contributed by atoms with E-state index in [2.05, 4.69) is 48.8 Å². The van der Waals surface area contributed by atoms with Gasteiger partial charge in [0.2, 0.25) is 11.8 Å². The number of carbonyl (C=O) groups excluding carboxylic acids is 2. The molecule has 52 heavy (non-hydrogen) atoms. The van der Waals surface area contributed by atoms with Gasteiger partial charge in [-0.15, -0.1) is 0 Å². The fraction of sp³-hybridized carbons (Fsp3) is 0.368. The number of nitrogens with one attached hydrogen (secondary N) is 2. The third-order valence-electron chi connectivity index (χ3n) is 9.60. The van der Waals surface area contributed by atoms with Crippen LogP contribution in [-0.2, 0) is 20.9 Å². The molecule has 1 atom stereocenters. The smallest absolute Gasteiger partial charge is 0.258 e.